The molecule has 0 bridgehead atoms. The molecule has 0 unspecified atom stereocenters. The molecule has 5 aromatic rings. The standard InChI is InChI=1S/C26H21NO/c1-3-9-20(10-4-1)21-15-16-26-24(19-21)23-13-7-8-14-25(23)27(26)17-18-28-22-11-5-2-6-12-22/h1-16,19H,17-18H2. The van der Waals surface area contributed by atoms with Gasteiger partial charge in [-0.15, -0.1) is 0 Å². The Balaban J connectivity index is 1.54. The topological polar surface area (TPSA) is 14.2 Å². The molecule has 2 nitrogen and oxygen atoms in total. The van der Waals surface area contributed by atoms with E-state index < -0.39 is 0 Å². The zero-order valence-electron chi connectivity index (χ0n) is 15.6. The minimum absolute atomic E-state index is 0.637. The maximum atomic E-state index is 5.95. The number of hydrogen-bond acceptors (Lipinski definition) is 1. The van der Waals surface area contributed by atoms with Crippen molar-refractivity contribution in [1.29, 1.82) is 0 Å². The minimum atomic E-state index is 0.637. The molecule has 0 saturated heterocycles. The lowest BCUT2D eigenvalue weighted by atomic mass is 10.0. The Hall–Kier alpha value is -3.52. The van der Waals surface area contributed by atoms with Crippen LogP contribution < -0.4 is 4.74 Å². The van der Waals surface area contributed by atoms with Crippen molar-refractivity contribution in [2.75, 3.05) is 6.61 Å². The van der Waals surface area contributed by atoms with Gasteiger partial charge in [0, 0.05) is 21.8 Å². The highest BCUT2D eigenvalue weighted by molar-refractivity contribution is 6.09. The summed E-state index contributed by atoms with van der Waals surface area (Å²) in [6, 6.07) is 35.9. The van der Waals surface area contributed by atoms with E-state index in [4.69, 9.17) is 4.74 Å². The number of rotatable bonds is 5. The van der Waals surface area contributed by atoms with E-state index in [1.165, 1.54) is 32.9 Å². The quantitative estimate of drug-likeness (QED) is 0.346. The summed E-state index contributed by atoms with van der Waals surface area (Å²) in [4.78, 5) is 0. The third-order valence-corrected chi connectivity index (χ3v) is 5.21. The molecular weight excluding hydrogens is 342 g/mol. The predicted molar refractivity (Wildman–Crippen MR) is 117 cm³/mol. The van der Waals surface area contributed by atoms with Crippen molar-refractivity contribution in [3.05, 3.63) is 103 Å². The Morgan fingerprint density at radius 2 is 1.25 bits per heavy atom. The van der Waals surface area contributed by atoms with Gasteiger partial charge in [0.1, 0.15) is 12.4 Å². The summed E-state index contributed by atoms with van der Waals surface area (Å²) >= 11 is 0. The van der Waals surface area contributed by atoms with Crippen LogP contribution in [0, 0.1) is 0 Å². The monoisotopic (exact) mass is 363 g/mol. The molecule has 28 heavy (non-hydrogen) atoms. The Bertz CT molecular complexity index is 1220. The molecule has 0 aliphatic rings. The van der Waals surface area contributed by atoms with E-state index in [2.05, 4.69) is 77.4 Å². The molecule has 2 heteroatoms. The lowest BCUT2D eigenvalue weighted by molar-refractivity contribution is 0.302. The molecule has 0 saturated carbocycles. The highest BCUT2D eigenvalue weighted by atomic mass is 16.5. The highest BCUT2D eigenvalue weighted by Gasteiger charge is 2.11. The zero-order chi connectivity index (χ0) is 18.8. The van der Waals surface area contributed by atoms with Crippen LogP contribution in [0.2, 0.25) is 0 Å². The lowest BCUT2D eigenvalue weighted by Crippen LogP contribution is -2.07. The van der Waals surface area contributed by atoms with Crippen LogP contribution in [0.4, 0.5) is 0 Å². The Labute approximate surface area is 164 Å². The molecule has 0 fully saturated rings. The fourth-order valence-electron chi connectivity index (χ4n) is 3.88. The maximum absolute atomic E-state index is 5.95. The number of aromatic nitrogens is 1. The second kappa shape index (κ2) is 7.24. The van der Waals surface area contributed by atoms with Crippen LogP contribution in [-0.2, 0) is 6.54 Å². The Morgan fingerprint density at radius 3 is 2.07 bits per heavy atom. The largest absolute Gasteiger partial charge is 0.492 e. The maximum Gasteiger partial charge on any atom is 0.119 e. The number of nitrogens with zero attached hydrogens (tertiary/aromatic N) is 1. The summed E-state index contributed by atoms with van der Waals surface area (Å²) < 4.78 is 8.31. The Morgan fingerprint density at radius 1 is 0.571 bits per heavy atom. The molecule has 0 N–H and O–H groups in total. The van der Waals surface area contributed by atoms with Gasteiger partial charge in [0.15, 0.2) is 0 Å². The van der Waals surface area contributed by atoms with Gasteiger partial charge in [-0.25, -0.2) is 0 Å². The first-order valence-electron chi connectivity index (χ1n) is 9.64. The molecule has 0 atom stereocenters. The van der Waals surface area contributed by atoms with Crippen molar-refractivity contribution >= 4 is 21.8 Å². The minimum Gasteiger partial charge on any atom is -0.492 e. The van der Waals surface area contributed by atoms with E-state index >= 15 is 0 Å². The van der Waals surface area contributed by atoms with Crippen LogP contribution in [0.5, 0.6) is 5.75 Å². The van der Waals surface area contributed by atoms with Crippen LogP contribution >= 0.6 is 0 Å². The smallest absolute Gasteiger partial charge is 0.119 e. The fraction of sp³-hybridized carbons (Fsp3) is 0.0769. The van der Waals surface area contributed by atoms with Gasteiger partial charge in [-0.05, 0) is 41.5 Å². The highest BCUT2D eigenvalue weighted by Crippen LogP contribution is 2.32. The van der Waals surface area contributed by atoms with Gasteiger partial charge < -0.3 is 9.30 Å². The predicted octanol–water partition coefficient (Wildman–Crippen LogP) is 6.54. The van der Waals surface area contributed by atoms with Crippen molar-refractivity contribution < 1.29 is 4.74 Å². The lowest BCUT2D eigenvalue weighted by Gasteiger charge is -2.10. The Kier molecular flexibility index (Phi) is 4.30. The van der Waals surface area contributed by atoms with E-state index in [0.29, 0.717) is 6.61 Å². The van der Waals surface area contributed by atoms with Crippen molar-refractivity contribution in [3.63, 3.8) is 0 Å². The van der Waals surface area contributed by atoms with Crippen LogP contribution in [0.1, 0.15) is 0 Å². The van der Waals surface area contributed by atoms with Crippen LogP contribution in [0.15, 0.2) is 103 Å². The molecule has 136 valence electrons. The number of fused-ring (bicyclic) bond motifs is 3. The van der Waals surface area contributed by atoms with Gasteiger partial charge in [-0.2, -0.15) is 0 Å². The van der Waals surface area contributed by atoms with E-state index in [9.17, 15) is 0 Å². The van der Waals surface area contributed by atoms with Crippen molar-refractivity contribution in [2.45, 2.75) is 6.54 Å². The SMILES string of the molecule is c1ccc(OCCn2c3ccccc3c3cc(-c4ccccc4)ccc32)cc1. The third-order valence-electron chi connectivity index (χ3n) is 5.21. The first kappa shape index (κ1) is 16.6. The molecule has 0 radical (unpaired) electrons. The molecule has 0 amide bonds. The van der Waals surface area contributed by atoms with E-state index in [0.717, 1.165) is 12.3 Å². The van der Waals surface area contributed by atoms with E-state index in [1.807, 2.05) is 30.3 Å². The van der Waals surface area contributed by atoms with Gasteiger partial charge in [0.2, 0.25) is 0 Å². The molecule has 1 heterocycles. The van der Waals surface area contributed by atoms with Gasteiger partial charge in [0.25, 0.3) is 0 Å². The first-order chi connectivity index (χ1) is 13.9. The molecule has 4 aromatic carbocycles. The van der Waals surface area contributed by atoms with Gasteiger partial charge in [0.05, 0.1) is 6.54 Å². The fourth-order valence-corrected chi connectivity index (χ4v) is 3.88. The summed E-state index contributed by atoms with van der Waals surface area (Å²) in [5.41, 5.74) is 4.99. The third kappa shape index (κ3) is 3.03. The van der Waals surface area contributed by atoms with Crippen LogP contribution in [-0.4, -0.2) is 11.2 Å². The van der Waals surface area contributed by atoms with Gasteiger partial charge in [-0.3, -0.25) is 0 Å². The number of para-hydroxylation sites is 2. The molecule has 0 aliphatic carbocycles. The average molecular weight is 363 g/mol. The second-order valence-corrected chi connectivity index (χ2v) is 6.93. The van der Waals surface area contributed by atoms with Crippen molar-refractivity contribution in [2.24, 2.45) is 0 Å². The van der Waals surface area contributed by atoms with Crippen LogP contribution in [0.25, 0.3) is 32.9 Å². The van der Waals surface area contributed by atoms with Crippen LogP contribution in [0.3, 0.4) is 0 Å². The molecule has 0 spiro atoms. The summed E-state index contributed by atoms with van der Waals surface area (Å²) in [5.74, 6) is 0.912. The van der Waals surface area contributed by atoms with Gasteiger partial charge in [-0.1, -0.05) is 72.8 Å². The van der Waals surface area contributed by atoms with E-state index in [1.54, 1.807) is 0 Å². The number of ether oxygens (including phenoxy) is 1. The van der Waals surface area contributed by atoms with Crippen molar-refractivity contribution in [3.8, 4) is 16.9 Å². The molecule has 1 aromatic heterocycles. The number of benzene rings is 4. The summed E-state index contributed by atoms with van der Waals surface area (Å²) in [5, 5.41) is 2.58. The average Bonchev–Trinajstić information content (AvgIpc) is 3.08. The summed E-state index contributed by atoms with van der Waals surface area (Å²) in [6.45, 7) is 1.45. The van der Waals surface area contributed by atoms with E-state index in [-0.39, 0.29) is 0 Å². The summed E-state index contributed by atoms with van der Waals surface area (Å²) in [6.07, 6.45) is 0. The molecule has 0 aliphatic heterocycles. The second-order valence-electron chi connectivity index (χ2n) is 6.93. The van der Waals surface area contributed by atoms with Gasteiger partial charge >= 0.3 is 0 Å². The van der Waals surface area contributed by atoms with Crippen molar-refractivity contribution in [1.82, 2.24) is 4.57 Å². The number of hydrogen-bond donors (Lipinski definition) is 0. The molecule has 5 rings (SSSR count). The molecular formula is C26H21NO. The first-order valence-corrected chi connectivity index (χ1v) is 9.64. The normalized spacial score (nSPS) is 11.1. The summed E-state index contributed by atoms with van der Waals surface area (Å²) in [7, 11) is 0. The zero-order valence-corrected chi connectivity index (χ0v) is 15.6.